The SMILES string of the molecule is COc1cc(N2CC(C(=O)NCCc3ccc(F)cc3)CC2=O)cc(OC)c1OC. The molecule has 30 heavy (non-hydrogen) atoms. The molecule has 0 radical (unpaired) electrons. The Balaban J connectivity index is 1.64. The molecule has 1 unspecified atom stereocenters. The summed E-state index contributed by atoms with van der Waals surface area (Å²) in [6.07, 6.45) is 0.711. The van der Waals surface area contributed by atoms with Crippen molar-refractivity contribution in [2.45, 2.75) is 12.8 Å². The molecule has 1 atom stereocenters. The summed E-state index contributed by atoms with van der Waals surface area (Å²) in [5, 5.41) is 2.86. The van der Waals surface area contributed by atoms with Crippen molar-refractivity contribution in [3.63, 3.8) is 0 Å². The van der Waals surface area contributed by atoms with Gasteiger partial charge in [0.1, 0.15) is 5.82 Å². The van der Waals surface area contributed by atoms with Crippen LogP contribution in [0.25, 0.3) is 0 Å². The second-order valence-corrected chi connectivity index (χ2v) is 6.96. The van der Waals surface area contributed by atoms with Gasteiger partial charge in [-0.05, 0) is 24.1 Å². The molecule has 1 aliphatic rings. The predicted molar refractivity (Wildman–Crippen MR) is 110 cm³/mol. The summed E-state index contributed by atoms with van der Waals surface area (Å²) < 4.78 is 29.0. The topological polar surface area (TPSA) is 77.1 Å². The van der Waals surface area contributed by atoms with Crippen LogP contribution < -0.4 is 24.4 Å². The number of amides is 2. The zero-order valence-electron chi connectivity index (χ0n) is 17.2. The van der Waals surface area contributed by atoms with Gasteiger partial charge in [-0.2, -0.15) is 0 Å². The van der Waals surface area contributed by atoms with E-state index in [1.807, 2.05) is 0 Å². The molecule has 0 bridgehead atoms. The Morgan fingerprint density at radius 2 is 1.73 bits per heavy atom. The third kappa shape index (κ3) is 4.64. The first kappa shape index (κ1) is 21.4. The summed E-state index contributed by atoms with van der Waals surface area (Å²) in [5.41, 5.74) is 1.51. The second kappa shape index (κ2) is 9.47. The first-order valence-corrected chi connectivity index (χ1v) is 9.59. The molecule has 1 saturated heterocycles. The van der Waals surface area contributed by atoms with Crippen molar-refractivity contribution < 1.29 is 28.2 Å². The lowest BCUT2D eigenvalue weighted by atomic mass is 10.1. The molecule has 1 fully saturated rings. The van der Waals surface area contributed by atoms with Gasteiger partial charge in [0.05, 0.1) is 32.9 Å². The van der Waals surface area contributed by atoms with Crippen LogP contribution >= 0.6 is 0 Å². The van der Waals surface area contributed by atoms with Gasteiger partial charge in [0.2, 0.25) is 17.6 Å². The van der Waals surface area contributed by atoms with Crippen molar-refractivity contribution in [3.8, 4) is 17.2 Å². The molecule has 2 aromatic carbocycles. The summed E-state index contributed by atoms with van der Waals surface area (Å²) in [6, 6.07) is 9.53. The Morgan fingerprint density at radius 1 is 1.10 bits per heavy atom. The number of nitrogens with zero attached hydrogens (tertiary/aromatic N) is 1. The molecular formula is C22H25FN2O5. The zero-order chi connectivity index (χ0) is 21.7. The van der Waals surface area contributed by atoms with Gasteiger partial charge in [-0.3, -0.25) is 9.59 Å². The molecule has 1 aliphatic heterocycles. The number of hydrogen-bond donors (Lipinski definition) is 1. The molecular weight excluding hydrogens is 391 g/mol. The maximum atomic E-state index is 13.0. The summed E-state index contributed by atoms with van der Waals surface area (Å²) in [5.74, 6) is 0.233. The molecule has 160 valence electrons. The predicted octanol–water partition coefficient (Wildman–Crippen LogP) is 2.56. The maximum Gasteiger partial charge on any atom is 0.227 e. The van der Waals surface area contributed by atoms with Crippen molar-refractivity contribution in [2.75, 3.05) is 39.3 Å². The summed E-state index contributed by atoms with van der Waals surface area (Å²) in [4.78, 5) is 26.7. The third-order valence-electron chi connectivity index (χ3n) is 5.08. The highest BCUT2D eigenvalue weighted by Crippen LogP contribution is 2.42. The molecule has 7 nitrogen and oxygen atoms in total. The highest BCUT2D eigenvalue weighted by atomic mass is 19.1. The molecule has 0 spiro atoms. The number of halogens is 1. The Labute approximate surface area is 174 Å². The van der Waals surface area contributed by atoms with Crippen LogP contribution in [0.4, 0.5) is 10.1 Å². The van der Waals surface area contributed by atoms with E-state index in [9.17, 15) is 14.0 Å². The third-order valence-corrected chi connectivity index (χ3v) is 5.08. The van der Waals surface area contributed by atoms with E-state index in [0.717, 1.165) is 5.56 Å². The van der Waals surface area contributed by atoms with Crippen molar-refractivity contribution >= 4 is 17.5 Å². The van der Waals surface area contributed by atoms with E-state index in [2.05, 4.69) is 5.32 Å². The number of ether oxygens (including phenoxy) is 3. The number of rotatable bonds is 8. The Morgan fingerprint density at radius 3 is 2.30 bits per heavy atom. The van der Waals surface area contributed by atoms with Crippen molar-refractivity contribution in [1.82, 2.24) is 5.32 Å². The first-order chi connectivity index (χ1) is 14.5. The fourth-order valence-corrected chi connectivity index (χ4v) is 3.48. The van der Waals surface area contributed by atoms with Crippen LogP contribution in [-0.2, 0) is 16.0 Å². The highest BCUT2D eigenvalue weighted by molar-refractivity contribution is 6.00. The van der Waals surface area contributed by atoms with Crippen LogP contribution in [-0.4, -0.2) is 46.2 Å². The Hall–Kier alpha value is -3.29. The van der Waals surface area contributed by atoms with Crippen molar-refractivity contribution in [2.24, 2.45) is 5.92 Å². The van der Waals surface area contributed by atoms with Gasteiger partial charge >= 0.3 is 0 Å². The zero-order valence-corrected chi connectivity index (χ0v) is 17.2. The number of hydrogen-bond acceptors (Lipinski definition) is 5. The first-order valence-electron chi connectivity index (χ1n) is 9.59. The van der Waals surface area contributed by atoms with Crippen molar-refractivity contribution in [3.05, 3.63) is 47.8 Å². The molecule has 0 aliphatic carbocycles. The van der Waals surface area contributed by atoms with Gasteiger partial charge in [-0.25, -0.2) is 4.39 Å². The minimum Gasteiger partial charge on any atom is -0.493 e. The lowest BCUT2D eigenvalue weighted by Gasteiger charge is -2.20. The van der Waals surface area contributed by atoms with E-state index in [4.69, 9.17) is 14.2 Å². The Bertz CT molecular complexity index is 891. The summed E-state index contributed by atoms with van der Waals surface area (Å²) >= 11 is 0. The van der Waals surface area contributed by atoms with Crippen LogP contribution in [0.3, 0.4) is 0 Å². The molecule has 2 amide bonds. The second-order valence-electron chi connectivity index (χ2n) is 6.96. The largest absolute Gasteiger partial charge is 0.493 e. The minimum atomic E-state index is -0.454. The lowest BCUT2D eigenvalue weighted by Crippen LogP contribution is -2.34. The molecule has 1 heterocycles. The number of methoxy groups -OCH3 is 3. The van der Waals surface area contributed by atoms with Crippen LogP contribution in [0.2, 0.25) is 0 Å². The lowest BCUT2D eigenvalue weighted by molar-refractivity contribution is -0.126. The van der Waals surface area contributed by atoms with Crippen LogP contribution in [0.5, 0.6) is 17.2 Å². The summed E-state index contributed by atoms with van der Waals surface area (Å²) in [7, 11) is 4.52. The van der Waals surface area contributed by atoms with Crippen LogP contribution in [0.1, 0.15) is 12.0 Å². The highest BCUT2D eigenvalue weighted by Gasteiger charge is 2.35. The number of carbonyl (C=O) groups is 2. The molecule has 0 aromatic heterocycles. The maximum absolute atomic E-state index is 13.0. The van der Waals surface area contributed by atoms with E-state index < -0.39 is 5.92 Å². The van der Waals surface area contributed by atoms with Gasteiger partial charge in [0.25, 0.3) is 0 Å². The van der Waals surface area contributed by atoms with E-state index >= 15 is 0 Å². The number of benzene rings is 2. The standard InChI is InChI=1S/C22H25FN2O5/c1-28-18-11-17(12-19(29-2)21(18)30-3)25-13-15(10-20(25)26)22(27)24-9-8-14-4-6-16(23)7-5-14/h4-7,11-12,15H,8-10,13H2,1-3H3,(H,24,27). The molecule has 3 rings (SSSR count). The number of nitrogens with one attached hydrogen (secondary N) is 1. The normalized spacial score (nSPS) is 15.8. The summed E-state index contributed by atoms with van der Waals surface area (Å²) in [6.45, 7) is 0.680. The van der Waals surface area contributed by atoms with E-state index in [1.54, 1.807) is 29.2 Å². The smallest absolute Gasteiger partial charge is 0.227 e. The fraction of sp³-hybridized carbons (Fsp3) is 0.364. The van der Waals surface area contributed by atoms with Gasteiger partial charge in [0.15, 0.2) is 11.5 Å². The van der Waals surface area contributed by atoms with Crippen LogP contribution in [0.15, 0.2) is 36.4 Å². The number of anilines is 1. The van der Waals surface area contributed by atoms with Crippen molar-refractivity contribution in [1.29, 1.82) is 0 Å². The van der Waals surface area contributed by atoms with E-state index in [-0.39, 0.29) is 30.6 Å². The van der Waals surface area contributed by atoms with E-state index in [0.29, 0.717) is 35.9 Å². The monoisotopic (exact) mass is 416 g/mol. The molecule has 2 aromatic rings. The molecule has 0 saturated carbocycles. The van der Waals surface area contributed by atoms with Gasteiger partial charge < -0.3 is 24.4 Å². The molecule has 8 heteroatoms. The average Bonchev–Trinajstić information content (AvgIpc) is 3.15. The number of carbonyl (C=O) groups excluding carboxylic acids is 2. The van der Waals surface area contributed by atoms with Gasteiger partial charge in [-0.15, -0.1) is 0 Å². The van der Waals surface area contributed by atoms with Crippen LogP contribution in [0, 0.1) is 11.7 Å². The van der Waals surface area contributed by atoms with Gasteiger partial charge in [-0.1, -0.05) is 12.1 Å². The average molecular weight is 416 g/mol. The quantitative estimate of drug-likeness (QED) is 0.716. The fourth-order valence-electron chi connectivity index (χ4n) is 3.48. The molecule has 1 N–H and O–H groups in total. The van der Waals surface area contributed by atoms with Gasteiger partial charge in [0, 0.05) is 31.6 Å². The minimum absolute atomic E-state index is 0.124. The van der Waals surface area contributed by atoms with E-state index in [1.165, 1.54) is 33.5 Å². The Kier molecular flexibility index (Phi) is 6.76.